The first-order chi connectivity index (χ1) is 13.6. The highest BCUT2D eigenvalue weighted by Gasteiger charge is 2.14. The molecule has 0 bridgehead atoms. The minimum atomic E-state index is -0.232. The molecule has 7 heteroatoms. The molecule has 0 saturated carbocycles. The summed E-state index contributed by atoms with van der Waals surface area (Å²) in [5, 5.41) is 14.6. The molecule has 3 N–H and O–H groups in total. The van der Waals surface area contributed by atoms with Gasteiger partial charge in [0.15, 0.2) is 0 Å². The van der Waals surface area contributed by atoms with Crippen LogP contribution in [-0.2, 0) is 16.0 Å². The Hall–Kier alpha value is -3.35. The first kappa shape index (κ1) is 21.0. The summed E-state index contributed by atoms with van der Waals surface area (Å²) < 4.78 is 0. The van der Waals surface area contributed by atoms with E-state index in [0.29, 0.717) is 51.0 Å². The van der Waals surface area contributed by atoms with E-state index in [-0.39, 0.29) is 17.6 Å². The third-order valence-corrected chi connectivity index (χ3v) is 4.18. The molecule has 0 aliphatic rings. The van der Waals surface area contributed by atoms with Crippen LogP contribution in [0.15, 0.2) is 54.6 Å². The van der Waals surface area contributed by atoms with Gasteiger partial charge in [0.2, 0.25) is 12.3 Å². The van der Waals surface area contributed by atoms with Crippen LogP contribution in [0.25, 0.3) is 0 Å². The van der Waals surface area contributed by atoms with Crippen LogP contribution in [0.4, 0.5) is 0 Å². The summed E-state index contributed by atoms with van der Waals surface area (Å²) in [5.41, 5.74) is 1.39. The van der Waals surface area contributed by atoms with Gasteiger partial charge < -0.3 is 20.6 Å². The zero-order valence-corrected chi connectivity index (χ0v) is 15.6. The van der Waals surface area contributed by atoms with Crippen molar-refractivity contribution in [3.05, 3.63) is 65.7 Å². The first-order valence-electron chi connectivity index (χ1n) is 9.16. The van der Waals surface area contributed by atoms with Crippen molar-refractivity contribution in [2.45, 2.75) is 12.8 Å². The Bertz CT molecular complexity index is 763. The largest absolute Gasteiger partial charge is 0.508 e. The van der Waals surface area contributed by atoms with E-state index in [0.717, 1.165) is 5.56 Å². The number of nitrogens with one attached hydrogen (secondary N) is 2. The highest BCUT2D eigenvalue weighted by Crippen LogP contribution is 2.09. The summed E-state index contributed by atoms with van der Waals surface area (Å²) in [6, 6.07) is 15.5. The van der Waals surface area contributed by atoms with Crippen LogP contribution in [-0.4, -0.2) is 54.4 Å². The summed E-state index contributed by atoms with van der Waals surface area (Å²) in [7, 11) is 0. The maximum atomic E-state index is 12.6. The summed E-state index contributed by atoms with van der Waals surface area (Å²) in [6.45, 7) is 1.68. The maximum absolute atomic E-state index is 12.6. The molecular weight excluding hydrogens is 358 g/mol. The molecule has 0 aliphatic carbocycles. The van der Waals surface area contributed by atoms with Gasteiger partial charge in [-0.3, -0.25) is 14.4 Å². The number of rotatable bonds is 11. The number of carbonyl (C=O) groups excluding carboxylic acids is 3. The van der Waals surface area contributed by atoms with Crippen molar-refractivity contribution in [2.75, 3.05) is 26.2 Å². The average molecular weight is 383 g/mol. The van der Waals surface area contributed by atoms with Gasteiger partial charge in [-0.2, -0.15) is 0 Å². The number of phenols is 1. The number of aromatic hydroxyl groups is 1. The fraction of sp³-hybridized carbons (Fsp3) is 0.286. The highest BCUT2D eigenvalue weighted by molar-refractivity contribution is 5.94. The van der Waals surface area contributed by atoms with Gasteiger partial charge in [0.25, 0.3) is 5.91 Å². The summed E-state index contributed by atoms with van der Waals surface area (Å²) in [6.07, 6.45) is 1.49. The van der Waals surface area contributed by atoms with E-state index in [4.69, 9.17) is 0 Å². The van der Waals surface area contributed by atoms with Gasteiger partial charge in [-0.25, -0.2) is 0 Å². The topological polar surface area (TPSA) is 98.7 Å². The smallest absolute Gasteiger partial charge is 0.251 e. The monoisotopic (exact) mass is 383 g/mol. The Balaban J connectivity index is 1.82. The van der Waals surface area contributed by atoms with Gasteiger partial charge in [0.05, 0.1) is 6.42 Å². The number of nitrogens with zero attached hydrogens (tertiary/aromatic N) is 1. The lowest BCUT2D eigenvalue weighted by atomic mass is 10.1. The fourth-order valence-electron chi connectivity index (χ4n) is 2.69. The van der Waals surface area contributed by atoms with Crippen molar-refractivity contribution in [3.8, 4) is 5.75 Å². The maximum Gasteiger partial charge on any atom is 0.251 e. The standard InChI is InChI=1S/C21H25N3O4/c25-16-22-12-14-24(20(27)15-17-5-2-1-3-6-17)13-4-11-23-21(28)18-7-9-19(26)10-8-18/h1-3,5-10,16,26H,4,11-15H2,(H,22,25)(H,23,28). The van der Waals surface area contributed by atoms with Crippen molar-refractivity contribution in [1.29, 1.82) is 0 Å². The minimum Gasteiger partial charge on any atom is -0.508 e. The SMILES string of the molecule is O=CNCCN(CCCNC(=O)c1ccc(O)cc1)C(=O)Cc1ccccc1. The van der Waals surface area contributed by atoms with Crippen LogP contribution in [0.3, 0.4) is 0 Å². The second kappa shape index (κ2) is 11.4. The highest BCUT2D eigenvalue weighted by atomic mass is 16.3. The summed E-state index contributed by atoms with van der Waals surface area (Å²) in [5.74, 6) is -0.151. The molecule has 2 aromatic carbocycles. The molecule has 0 spiro atoms. The number of carbonyl (C=O) groups is 3. The Morgan fingerprint density at radius 3 is 2.36 bits per heavy atom. The van der Waals surface area contributed by atoms with Crippen LogP contribution in [0.1, 0.15) is 22.3 Å². The van der Waals surface area contributed by atoms with E-state index < -0.39 is 0 Å². The summed E-state index contributed by atoms with van der Waals surface area (Å²) in [4.78, 5) is 36.8. The predicted octanol–water partition coefficient (Wildman–Crippen LogP) is 1.33. The van der Waals surface area contributed by atoms with Crippen LogP contribution in [0.2, 0.25) is 0 Å². The molecule has 0 aliphatic heterocycles. The molecule has 2 rings (SSSR count). The predicted molar refractivity (Wildman–Crippen MR) is 106 cm³/mol. The van der Waals surface area contributed by atoms with E-state index in [9.17, 15) is 19.5 Å². The molecule has 7 nitrogen and oxygen atoms in total. The van der Waals surface area contributed by atoms with E-state index in [1.54, 1.807) is 17.0 Å². The molecule has 0 heterocycles. The third kappa shape index (κ3) is 7.11. The Labute approximate surface area is 164 Å². The van der Waals surface area contributed by atoms with Gasteiger partial charge in [-0.15, -0.1) is 0 Å². The van der Waals surface area contributed by atoms with Gasteiger partial charge >= 0.3 is 0 Å². The van der Waals surface area contributed by atoms with Crippen LogP contribution < -0.4 is 10.6 Å². The molecule has 0 atom stereocenters. The molecule has 28 heavy (non-hydrogen) atoms. The number of hydrogen-bond acceptors (Lipinski definition) is 4. The van der Waals surface area contributed by atoms with E-state index in [1.807, 2.05) is 30.3 Å². The van der Waals surface area contributed by atoms with Crippen LogP contribution >= 0.6 is 0 Å². The lowest BCUT2D eigenvalue weighted by molar-refractivity contribution is -0.130. The molecule has 0 aromatic heterocycles. The Morgan fingerprint density at radius 1 is 0.964 bits per heavy atom. The molecule has 148 valence electrons. The average Bonchev–Trinajstić information content (AvgIpc) is 2.71. The second-order valence-electron chi connectivity index (χ2n) is 6.27. The van der Waals surface area contributed by atoms with Crippen LogP contribution in [0, 0.1) is 0 Å². The Morgan fingerprint density at radius 2 is 1.68 bits per heavy atom. The molecular formula is C21H25N3O4. The second-order valence-corrected chi connectivity index (χ2v) is 6.27. The van der Waals surface area contributed by atoms with Gasteiger partial charge in [0, 0.05) is 31.7 Å². The minimum absolute atomic E-state index is 0.0243. The van der Waals surface area contributed by atoms with Crippen molar-refractivity contribution in [2.24, 2.45) is 0 Å². The quantitative estimate of drug-likeness (QED) is 0.403. The van der Waals surface area contributed by atoms with E-state index in [2.05, 4.69) is 10.6 Å². The zero-order chi connectivity index (χ0) is 20.2. The van der Waals surface area contributed by atoms with Crippen molar-refractivity contribution in [3.63, 3.8) is 0 Å². The number of amides is 3. The molecule has 0 saturated heterocycles. The lowest BCUT2D eigenvalue weighted by Gasteiger charge is -2.23. The zero-order valence-electron chi connectivity index (χ0n) is 15.6. The van der Waals surface area contributed by atoms with Crippen molar-refractivity contribution >= 4 is 18.2 Å². The number of hydrogen-bond donors (Lipinski definition) is 3. The molecule has 0 fully saturated rings. The Kier molecular flexibility index (Phi) is 8.52. The van der Waals surface area contributed by atoms with Gasteiger partial charge in [-0.05, 0) is 36.2 Å². The van der Waals surface area contributed by atoms with Crippen LogP contribution in [0.5, 0.6) is 5.75 Å². The molecule has 0 unspecified atom stereocenters. The fourth-order valence-corrected chi connectivity index (χ4v) is 2.69. The van der Waals surface area contributed by atoms with E-state index >= 15 is 0 Å². The van der Waals surface area contributed by atoms with Gasteiger partial charge in [-0.1, -0.05) is 30.3 Å². The number of phenolic OH excluding ortho intramolecular Hbond substituents is 1. The molecule has 0 radical (unpaired) electrons. The normalized spacial score (nSPS) is 10.1. The summed E-state index contributed by atoms with van der Waals surface area (Å²) >= 11 is 0. The van der Waals surface area contributed by atoms with Gasteiger partial charge in [0.1, 0.15) is 5.75 Å². The van der Waals surface area contributed by atoms with Crippen molar-refractivity contribution < 1.29 is 19.5 Å². The third-order valence-electron chi connectivity index (χ3n) is 4.18. The first-order valence-corrected chi connectivity index (χ1v) is 9.16. The molecule has 3 amide bonds. The molecule has 2 aromatic rings. The van der Waals surface area contributed by atoms with E-state index in [1.165, 1.54) is 12.1 Å². The number of benzene rings is 2. The lowest BCUT2D eigenvalue weighted by Crippen LogP contribution is -2.39. The van der Waals surface area contributed by atoms with Crippen molar-refractivity contribution in [1.82, 2.24) is 15.5 Å².